The van der Waals surface area contributed by atoms with Crippen molar-refractivity contribution in [1.29, 1.82) is 0 Å². The monoisotopic (exact) mass is 1280 g/mol. The van der Waals surface area contributed by atoms with Crippen LogP contribution in [0, 0.1) is 35.5 Å². The first-order chi connectivity index (χ1) is 37.2. The first kappa shape index (κ1) is 81.2. The molecule has 0 aliphatic carbocycles. The fourth-order valence-electron chi connectivity index (χ4n) is 9.26. The van der Waals surface area contributed by atoms with Crippen LogP contribution < -0.4 is 5.32 Å². The second kappa shape index (κ2) is 30.1. The van der Waals surface area contributed by atoms with E-state index in [1.54, 1.807) is 7.11 Å². The Kier molecular flexibility index (Phi) is 29.1. The van der Waals surface area contributed by atoms with Gasteiger partial charge in [-0.2, -0.15) is 0 Å². The molecule has 1 amide bonds. The van der Waals surface area contributed by atoms with Gasteiger partial charge in [0.25, 0.3) is 0 Å². The predicted molar refractivity (Wildman–Crippen MR) is 375 cm³/mol. The lowest BCUT2D eigenvalue weighted by Crippen LogP contribution is -2.55. The minimum Gasteiger partial charge on any atom is -0.449 e. The highest BCUT2D eigenvalue weighted by molar-refractivity contribution is 6.76. The maximum absolute atomic E-state index is 15.9. The Labute approximate surface area is 526 Å². The number of Topliss-reactive ketones (excluding diaryl/α,β-unsaturated/α-hetero) is 1. The van der Waals surface area contributed by atoms with Crippen LogP contribution in [0.5, 0.6) is 0 Å². The van der Waals surface area contributed by atoms with Gasteiger partial charge in [0.1, 0.15) is 6.10 Å². The lowest BCUT2D eigenvalue weighted by Gasteiger charge is -2.49. The third-order valence-electron chi connectivity index (χ3n) is 21.7. The van der Waals surface area contributed by atoms with Gasteiger partial charge in [0, 0.05) is 55.4 Å². The number of methoxy groups -OCH3 is 1. The molecule has 17 heteroatoms. The zero-order chi connectivity index (χ0) is 66.4. The Balaban J connectivity index is 4.23. The standard InChI is InChI=1S/C67H137NO10Si6/c1-47(57(75-81(30,31)64(13,14)15)51(5)59(77-83(34,35)66(19,20)21)49(3)46-73-79(26,27)62(7,8)9)43-56(74-80(28,29)63(10,11)12)54(69)44-55(71-25)50(4)60(78-84(36,37)67(22,23)24)52(6)58(76-82(32,33)65(16,17)18)48(2)45-72-61(70)68-53-41-39-38-40-42-53/h38-42,47-52,55-60H,43-46H2,1-37H3,(H,68,70)/t47-,48-,49-,50+,51+,52+,55+,56-,57-,58-,59-,60-/m0/s1. The summed E-state index contributed by atoms with van der Waals surface area (Å²) >= 11 is 0. The van der Waals surface area contributed by atoms with Crippen LogP contribution in [0.1, 0.15) is 179 Å². The number of hydrogen-bond acceptors (Lipinski definition) is 10. The molecule has 1 aromatic rings. The van der Waals surface area contributed by atoms with Crippen molar-refractivity contribution in [3.63, 3.8) is 0 Å². The van der Waals surface area contributed by atoms with E-state index < -0.39 is 68.2 Å². The maximum Gasteiger partial charge on any atom is 0.411 e. The summed E-state index contributed by atoms with van der Waals surface area (Å²) in [6, 6.07) is 9.37. The van der Waals surface area contributed by atoms with Gasteiger partial charge in [0.2, 0.25) is 0 Å². The molecule has 1 aromatic carbocycles. The quantitative estimate of drug-likeness (QED) is 0.0720. The predicted octanol–water partition coefficient (Wildman–Crippen LogP) is 20.4. The van der Waals surface area contributed by atoms with Crippen molar-refractivity contribution >= 4 is 67.5 Å². The van der Waals surface area contributed by atoms with E-state index >= 15 is 4.79 Å². The SMILES string of the molecule is CO[C@H](CC(=O)[C@H](C[C@H](C)[C@H](O[Si](C)(C)C(C)(C)C)[C@@H](C)[C@@H](O[Si](C)(C)C(C)(C)C)[C@@H](C)CO[Si](C)(C)C(C)(C)C)O[Si](C)(C)C(C)(C)C)[C@@H](C)[C@H](O[Si](C)(C)C(C)(C)C)[C@H](C)[C@@H](O[Si](C)(C)C(C)(C)C)[C@@H](C)COC(=O)Nc1ccccc1. The van der Waals surface area contributed by atoms with Gasteiger partial charge in [-0.25, -0.2) is 4.79 Å². The Morgan fingerprint density at radius 1 is 0.429 bits per heavy atom. The number of carbonyl (C=O) groups excluding carboxylic acids is 2. The van der Waals surface area contributed by atoms with Gasteiger partial charge < -0.3 is 36.0 Å². The fraction of sp³-hybridized carbons (Fsp3) is 0.881. The van der Waals surface area contributed by atoms with Crippen LogP contribution >= 0.6 is 0 Å². The summed E-state index contributed by atoms with van der Waals surface area (Å²) in [5.74, 6) is -0.678. The Morgan fingerprint density at radius 2 is 0.750 bits per heavy atom. The first-order valence-electron chi connectivity index (χ1n) is 32.3. The molecule has 1 N–H and O–H groups in total. The summed E-state index contributed by atoms with van der Waals surface area (Å²) in [6.45, 7) is 83.2. The number of benzene rings is 1. The highest BCUT2D eigenvalue weighted by Gasteiger charge is 2.52. The number of nitrogens with one attached hydrogen (secondary N) is 1. The van der Waals surface area contributed by atoms with E-state index in [1.807, 2.05) is 30.3 Å². The van der Waals surface area contributed by atoms with E-state index in [2.05, 4.69) is 250 Å². The van der Waals surface area contributed by atoms with Gasteiger partial charge in [-0.1, -0.05) is 184 Å². The minimum absolute atomic E-state index is 0.0193. The van der Waals surface area contributed by atoms with Crippen molar-refractivity contribution in [3.8, 4) is 0 Å². The van der Waals surface area contributed by atoms with Gasteiger partial charge >= 0.3 is 6.09 Å². The van der Waals surface area contributed by atoms with Crippen LogP contribution in [0.15, 0.2) is 30.3 Å². The van der Waals surface area contributed by atoms with E-state index in [1.165, 1.54) is 0 Å². The largest absolute Gasteiger partial charge is 0.449 e. The normalized spacial score (nSPS) is 18.8. The average Bonchev–Trinajstić information content (AvgIpc) is 3.30. The fourth-order valence-corrected chi connectivity index (χ4v) is 17.6. The number of amides is 1. The number of anilines is 1. The van der Waals surface area contributed by atoms with Crippen LogP contribution in [0.2, 0.25) is 109 Å². The van der Waals surface area contributed by atoms with Gasteiger partial charge in [0.15, 0.2) is 55.7 Å². The number of hydrogen-bond donors (Lipinski definition) is 1. The molecule has 12 atom stereocenters. The van der Waals surface area contributed by atoms with Gasteiger partial charge in [0.05, 0.1) is 37.1 Å². The highest BCUT2D eigenvalue weighted by atomic mass is 28.4. The smallest absolute Gasteiger partial charge is 0.411 e. The van der Waals surface area contributed by atoms with Crippen molar-refractivity contribution in [1.82, 2.24) is 0 Å². The Bertz CT molecular complexity index is 2160. The summed E-state index contributed by atoms with van der Waals surface area (Å²) in [4.78, 5) is 29.2. The molecule has 0 spiro atoms. The molecule has 0 fully saturated rings. The summed E-state index contributed by atoms with van der Waals surface area (Å²) < 4.78 is 57.7. The zero-order valence-corrected chi connectivity index (χ0v) is 67.7. The number of ketones is 1. The number of carbonyl (C=O) groups is 2. The minimum atomic E-state index is -2.56. The Morgan fingerprint density at radius 3 is 1.11 bits per heavy atom. The van der Waals surface area contributed by atoms with Crippen molar-refractivity contribution in [2.45, 2.75) is 324 Å². The van der Waals surface area contributed by atoms with E-state index in [9.17, 15) is 4.79 Å². The van der Waals surface area contributed by atoms with E-state index in [-0.39, 0.29) is 109 Å². The molecular weight excluding hydrogens is 1150 g/mol. The lowest BCUT2D eigenvalue weighted by atomic mass is 9.80. The molecule has 0 aliphatic heterocycles. The van der Waals surface area contributed by atoms with Crippen molar-refractivity contribution < 1.29 is 45.6 Å². The highest BCUT2D eigenvalue weighted by Crippen LogP contribution is 2.48. The second-order valence-corrected chi connectivity index (χ2v) is 63.7. The van der Waals surface area contributed by atoms with Crippen LogP contribution in [0.25, 0.3) is 0 Å². The maximum atomic E-state index is 15.9. The van der Waals surface area contributed by atoms with Crippen molar-refractivity contribution in [2.75, 3.05) is 25.6 Å². The number of para-hydroxylation sites is 1. The molecule has 0 radical (unpaired) electrons. The molecule has 11 nitrogen and oxygen atoms in total. The summed E-state index contributed by atoms with van der Waals surface area (Å²) in [5.41, 5.74) is 0.669. The molecule has 0 saturated heterocycles. The van der Waals surface area contributed by atoms with Crippen LogP contribution in [-0.4, -0.2) is 119 Å². The molecule has 0 aliphatic rings. The van der Waals surface area contributed by atoms with E-state index in [0.717, 1.165) is 0 Å². The number of rotatable bonds is 31. The molecule has 494 valence electrons. The average molecular weight is 1290 g/mol. The third kappa shape index (κ3) is 22.8. The summed E-state index contributed by atoms with van der Waals surface area (Å²) in [5, 5.41) is 2.50. The second-order valence-electron chi connectivity index (χ2n) is 35.1. The van der Waals surface area contributed by atoms with Gasteiger partial charge in [-0.3, -0.25) is 10.1 Å². The van der Waals surface area contributed by atoms with Crippen LogP contribution in [0.4, 0.5) is 10.5 Å². The van der Waals surface area contributed by atoms with E-state index in [4.69, 9.17) is 36.0 Å². The Hall–Kier alpha value is -0.819. The molecule has 0 bridgehead atoms. The number of ether oxygens (including phenoxy) is 2. The third-order valence-corrected chi connectivity index (χ3v) is 48.6. The lowest BCUT2D eigenvalue weighted by molar-refractivity contribution is -0.133. The van der Waals surface area contributed by atoms with Crippen molar-refractivity contribution in [3.05, 3.63) is 30.3 Å². The molecule has 0 heterocycles. The molecule has 0 saturated carbocycles. The molecule has 1 rings (SSSR count). The van der Waals surface area contributed by atoms with Gasteiger partial charge in [-0.05, 0) is 133 Å². The topological polar surface area (TPSA) is 120 Å². The van der Waals surface area contributed by atoms with Gasteiger partial charge in [-0.15, -0.1) is 0 Å². The molecule has 0 aromatic heterocycles. The summed E-state index contributed by atoms with van der Waals surface area (Å²) in [7, 11) is -12.6. The van der Waals surface area contributed by atoms with Crippen molar-refractivity contribution in [2.24, 2.45) is 35.5 Å². The van der Waals surface area contributed by atoms with Crippen LogP contribution in [0.3, 0.4) is 0 Å². The first-order valence-corrected chi connectivity index (χ1v) is 49.7. The molecule has 84 heavy (non-hydrogen) atoms. The summed E-state index contributed by atoms with van der Waals surface area (Å²) in [6.07, 6.45) is -2.27. The molecule has 0 unspecified atom stereocenters. The van der Waals surface area contributed by atoms with Crippen LogP contribution in [-0.2, 0) is 40.8 Å². The zero-order valence-electron chi connectivity index (χ0n) is 61.7. The van der Waals surface area contributed by atoms with E-state index in [0.29, 0.717) is 18.7 Å². The molecular formula is C67H137NO10Si6.